The van der Waals surface area contributed by atoms with Crippen LogP contribution in [0.25, 0.3) is 0 Å². The molecule has 0 aliphatic carbocycles. The molecule has 0 spiro atoms. The van der Waals surface area contributed by atoms with Gasteiger partial charge in [0.25, 0.3) is 0 Å². The molecule has 0 saturated carbocycles. The molecular formula is C15H17N3O2. The van der Waals surface area contributed by atoms with Crippen LogP contribution in [0.5, 0.6) is 0 Å². The van der Waals surface area contributed by atoms with Crippen LogP contribution in [0.4, 0.5) is 0 Å². The molecule has 0 N–H and O–H groups in total. The molecule has 104 valence electrons. The van der Waals surface area contributed by atoms with E-state index in [1.165, 1.54) is 11.1 Å². The van der Waals surface area contributed by atoms with E-state index in [0.29, 0.717) is 17.9 Å². The summed E-state index contributed by atoms with van der Waals surface area (Å²) in [5, 5.41) is 7.50. The second kappa shape index (κ2) is 5.45. The lowest BCUT2D eigenvalue weighted by Crippen LogP contribution is -2.32. The summed E-state index contributed by atoms with van der Waals surface area (Å²) in [6, 6.07) is 8.33. The summed E-state index contributed by atoms with van der Waals surface area (Å²) in [6.45, 7) is 3.27. The third-order valence-corrected chi connectivity index (χ3v) is 3.77. The molecule has 1 aliphatic heterocycles. The number of aryl methyl sites for hydroxylation is 2. The fourth-order valence-corrected chi connectivity index (χ4v) is 2.58. The van der Waals surface area contributed by atoms with Gasteiger partial charge >= 0.3 is 0 Å². The number of aromatic nitrogens is 2. The highest BCUT2D eigenvalue weighted by atomic mass is 16.6. The molecule has 2 aromatic rings. The smallest absolute Gasteiger partial charge is 0.229 e. The van der Waals surface area contributed by atoms with Crippen LogP contribution in [0, 0.1) is 6.92 Å². The van der Waals surface area contributed by atoms with Gasteiger partial charge in [0, 0.05) is 13.1 Å². The lowest BCUT2D eigenvalue weighted by Gasteiger charge is -2.20. The molecule has 1 aliphatic rings. The molecule has 0 radical (unpaired) electrons. The minimum atomic E-state index is 0.0838. The Morgan fingerprint density at radius 3 is 2.85 bits per heavy atom. The van der Waals surface area contributed by atoms with E-state index in [4.69, 9.17) is 0 Å². The quantitative estimate of drug-likeness (QED) is 0.837. The molecular weight excluding hydrogens is 254 g/mol. The van der Waals surface area contributed by atoms with Crippen molar-refractivity contribution < 1.29 is 9.42 Å². The van der Waals surface area contributed by atoms with Crippen molar-refractivity contribution in [3.8, 4) is 0 Å². The maximum atomic E-state index is 12.4. The van der Waals surface area contributed by atoms with Gasteiger partial charge in [-0.3, -0.25) is 4.79 Å². The summed E-state index contributed by atoms with van der Waals surface area (Å²) in [6.07, 6.45) is 2.29. The average Bonchev–Trinajstić information content (AvgIpc) is 2.74. The molecule has 0 bridgehead atoms. The van der Waals surface area contributed by atoms with Crippen LogP contribution in [-0.2, 0) is 24.2 Å². The second-order valence-electron chi connectivity index (χ2n) is 5.16. The van der Waals surface area contributed by atoms with Gasteiger partial charge in [0.1, 0.15) is 11.4 Å². The number of nitrogens with zero attached hydrogens (tertiary/aromatic N) is 3. The molecule has 5 nitrogen and oxygen atoms in total. The molecule has 1 aromatic carbocycles. The molecule has 2 heterocycles. The normalized spacial score (nSPS) is 14.8. The van der Waals surface area contributed by atoms with Crippen LogP contribution in [0.3, 0.4) is 0 Å². The number of hydrogen-bond donors (Lipinski definition) is 0. The average molecular weight is 271 g/mol. The molecule has 20 heavy (non-hydrogen) atoms. The van der Waals surface area contributed by atoms with Gasteiger partial charge in [-0.05, 0) is 30.9 Å². The summed E-state index contributed by atoms with van der Waals surface area (Å²) in [7, 11) is 0. The van der Waals surface area contributed by atoms with E-state index < -0.39 is 0 Å². The Morgan fingerprint density at radius 2 is 2.10 bits per heavy atom. The summed E-state index contributed by atoms with van der Waals surface area (Å²) in [5.41, 5.74) is 3.91. The van der Waals surface area contributed by atoms with Crippen molar-refractivity contribution >= 4 is 5.91 Å². The number of rotatable bonds is 2. The minimum Gasteiger partial charge on any atom is -0.338 e. The lowest BCUT2D eigenvalue weighted by atomic mass is 10.0. The van der Waals surface area contributed by atoms with Gasteiger partial charge < -0.3 is 4.90 Å². The van der Waals surface area contributed by atoms with Gasteiger partial charge in [-0.2, -0.15) is 0 Å². The van der Waals surface area contributed by atoms with Crippen LogP contribution in [-0.4, -0.2) is 27.7 Å². The highest BCUT2D eigenvalue weighted by molar-refractivity contribution is 5.78. The molecule has 1 aromatic heterocycles. The highest BCUT2D eigenvalue weighted by Crippen LogP contribution is 2.19. The Labute approximate surface area is 117 Å². The fourth-order valence-electron chi connectivity index (χ4n) is 2.58. The van der Waals surface area contributed by atoms with Crippen LogP contribution in [0.1, 0.15) is 28.9 Å². The monoisotopic (exact) mass is 271 g/mol. The minimum absolute atomic E-state index is 0.0838. The Bertz CT molecular complexity index is 621. The van der Waals surface area contributed by atoms with E-state index in [0.717, 1.165) is 19.4 Å². The maximum absolute atomic E-state index is 12.4. The van der Waals surface area contributed by atoms with E-state index in [1.54, 1.807) is 6.92 Å². The number of hydrogen-bond acceptors (Lipinski definition) is 4. The zero-order valence-corrected chi connectivity index (χ0v) is 11.5. The van der Waals surface area contributed by atoms with Gasteiger partial charge in [-0.1, -0.05) is 34.6 Å². The summed E-state index contributed by atoms with van der Waals surface area (Å²) >= 11 is 0. The second-order valence-corrected chi connectivity index (χ2v) is 5.16. The van der Waals surface area contributed by atoms with Gasteiger partial charge in [-0.15, -0.1) is 0 Å². The third-order valence-electron chi connectivity index (χ3n) is 3.77. The number of fused-ring (bicyclic) bond motifs is 1. The lowest BCUT2D eigenvalue weighted by molar-refractivity contribution is -0.131. The number of benzene rings is 1. The van der Waals surface area contributed by atoms with Crippen molar-refractivity contribution in [3.63, 3.8) is 0 Å². The maximum Gasteiger partial charge on any atom is 0.229 e. The van der Waals surface area contributed by atoms with E-state index in [1.807, 2.05) is 11.0 Å². The first-order chi connectivity index (χ1) is 9.74. The predicted octanol–water partition coefficient (Wildman–Crippen LogP) is 1.90. The first-order valence-corrected chi connectivity index (χ1v) is 6.86. The topological polar surface area (TPSA) is 59.2 Å². The fraction of sp³-hybridized carbons (Fsp3) is 0.400. The van der Waals surface area contributed by atoms with Crippen molar-refractivity contribution in [2.24, 2.45) is 0 Å². The van der Waals surface area contributed by atoms with Crippen molar-refractivity contribution in [2.75, 3.05) is 6.54 Å². The van der Waals surface area contributed by atoms with Gasteiger partial charge in [0.2, 0.25) is 5.91 Å². The van der Waals surface area contributed by atoms with Crippen molar-refractivity contribution in [3.05, 3.63) is 46.8 Å². The Kier molecular flexibility index (Phi) is 3.50. The van der Waals surface area contributed by atoms with E-state index in [-0.39, 0.29) is 12.3 Å². The summed E-state index contributed by atoms with van der Waals surface area (Å²) in [4.78, 5) is 14.3. The zero-order chi connectivity index (χ0) is 13.9. The standard InChI is InChI=1S/C15H17N3O2/c1-11-14(17-20-16-11)9-15(19)18-8-4-7-12-5-2-3-6-13(12)10-18/h2-3,5-6H,4,7-10H2,1H3. The molecule has 1 amide bonds. The number of carbonyl (C=O) groups is 1. The predicted molar refractivity (Wildman–Crippen MR) is 72.9 cm³/mol. The molecule has 3 rings (SSSR count). The van der Waals surface area contributed by atoms with Gasteiger partial charge in [0.05, 0.1) is 6.42 Å². The third kappa shape index (κ3) is 2.57. The van der Waals surface area contributed by atoms with E-state index in [2.05, 4.69) is 33.1 Å². The van der Waals surface area contributed by atoms with Gasteiger partial charge in [0.15, 0.2) is 0 Å². The van der Waals surface area contributed by atoms with E-state index >= 15 is 0 Å². The molecule has 0 saturated heterocycles. The Balaban J connectivity index is 1.74. The van der Waals surface area contributed by atoms with E-state index in [9.17, 15) is 4.79 Å². The largest absolute Gasteiger partial charge is 0.338 e. The van der Waals surface area contributed by atoms with Crippen molar-refractivity contribution in [2.45, 2.75) is 32.7 Å². The SMILES string of the molecule is Cc1nonc1CC(=O)N1CCCc2ccccc2C1. The first kappa shape index (κ1) is 12.8. The molecule has 5 heteroatoms. The Morgan fingerprint density at radius 1 is 1.30 bits per heavy atom. The molecule has 0 unspecified atom stereocenters. The first-order valence-electron chi connectivity index (χ1n) is 6.86. The van der Waals surface area contributed by atoms with Crippen LogP contribution >= 0.6 is 0 Å². The zero-order valence-electron chi connectivity index (χ0n) is 11.5. The van der Waals surface area contributed by atoms with Crippen LogP contribution in [0.2, 0.25) is 0 Å². The van der Waals surface area contributed by atoms with Crippen molar-refractivity contribution in [1.29, 1.82) is 0 Å². The number of carbonyl (C=O) groups excluding carboxylic acids is 1. The van der Waals surface area contributed by atoms with Crippen LogP contribution in [0.15, 0.2) is 28.9 Å². The van der Waals surface area contributed by atoms with Crippen molar-refractivity contribution in [1.82, 2.24) is 15.2 Å². The summed E-state index contributed by atoms with van der Waals surface area (Å²) < 4.78 is 4.64. The van der Waals surface area contributed by atoms with Crippen LogP contribution < -0.4 is 0 Å². The highest BCUT2D eigenvalue weighted by Gasteiger charge is 2.20. The molecule has 0 fully saturated rings. The number of amides is 1. The molecule has 0 atom stereocenters. The summed E-state index contributed by atoms with van der Waals surface area (Å²) in [5.74, 6) is 0.0838. The van der Waals surface area contributed by atoms with Gasteiger partial charge in [-0.25, -0.2) is 4.63 Å². The Hall–Kier alpha value is -2.17.